The quantitative estimate of drug-likeness (QED) is 0.727. The third-order valence-corrected chi connectivity index (χ3v) is 5.03. The summed E-state index contributed by atoms with van der Waals surface area (Å²) >= 11 is 0. The standard InChI is InChI=1S/C16H30N2O2/c1-5-10-17-16(13-7-8-13,14(19)20-4)12-18-11-6-9-15(18,2)3/h13,17H,5-12H2,1-4H3. The van der Waals surface area contributed by atoms with E-state index in [4.69, 9.17) is 4.74 Å². The Kier molecular flexibility index (Phi) is 4.75. The van der Waals surface area contributed by atoms with E-state index in [2.05, 4.69) is 31.0 Å². The second-order valence-corrected chi connectivity index (χ2v) is 7.00. The fourth-order valence-corrected chi connectivity index (χ4v) is 3.50. The molecule has 0 radical (unpaired) electrons. The summed E-state index contributed by atoms with van der Waals surface area (Å²) in [6, 6.07) is 0. The maximum atomic E-state index is 12.5. The van der Waals surface area contributed by atoms with Gasteiger partial charge in [-0.3, -0.25) is 4.90 Å². The molecule has 0 spiro atoms. The van der Waals surface area contributed by atoms with Gasteiger partial charge in [0.1, 0.15) is 5.54 Å². The van der Waals surface area contributed by atoms with Gasteiger partial charge in [0.15, 0.2) is 0 Å². The molecule has 1 saturated carbocycles. The third-order valence-electron chi connectivity index (χ3n) is 5.03. The molecule has 0 aromatic heterocycles. The number of esters is 1. The van der Waals surface area contributed by atoms with Gasteiger partial charge >= 0.3 is 5.97 Å². The fraction of sp³-hybridized carbons (Fsp3) is 0.938. The number of methoxy groups -OCH3 is 1. The summed E-state index contributed by atoms with van der Waals surface area (Å²) in [5.74, 6) is 0.369. The van der Waals surface area contributed by atoms with Gasteiger partial charge in [-0.25, -0.2) is 4.79 Å². The zero-order chi connectivity index (χ0) is 14.8. The molecule has 4 nitrogen and oxygen atoms in total. The minimum Gasteiger partial charge on any atom is -0.468 e. The van der Waals surface area contributed by atoms with E-state index in [0.717, 1.165) is 38.9 Å². The number of rotatable bonds is 7. The lowest BCUT2D eigenvalue weighted by molar-refractivity contribution is -0.151. The second-order valence-electron chi connectivity index (χ2n) is 7.00. The van der Waals surface area contributed by atoms with E-state index in [9.17, 15) is 4.79 Å². The Balaban J connectivity index is 2.18. The highest BCUT2D eigenvalue weighted by atomic mass is 16.5. The number of carbonyl (C=O) groups excluding carboxylic acids is 1. The van der Waals surface area contributed by atoms with Crippen LogP contribution in [-0.4, -0.2) is 48.7 Å². The summed E-state index contributed by atoms with van der Waals surface area (Å²) in [6.45, 7) is 9.47. The van der Waals surface area contributed by atoms with Crippen LogP contribution in [0.25, 0.3) is 0 Å². The highest BCUT2D eigenvalue weighted by Gasteiger charge is 2.53. The molecule has 0 amide bonds. The van der Waals surface area contributed by atoms with Crippen LogP contribution in [0.2, 0.25) is 0 Å². The van der Waals surface area contributed by atoms with Crippen LogP contribution >= 0.6 is 0 Å². The molecular weight excluding hydrogens is 252 g/mol. The lowest BCUT2D eigenvalue weighted by atomic mass is 9.90. The Bertz CT molecular complexity index is 352. The van der Waals surface area contributed by atoms with Gasteiger partial charge in [-0.2, -0.15) is 0 Å². The highest BCUT2D eigenvalue weighted by Crippen LogP contribution is 2.43. The Morgan fingerprint density at radius 2 is 2.15 bits per heavy atom. The Labute approximate surface area is 123 Å². The monoisotopic (exact) mass is 282 g/mol. The number of likely N-dealkylation sites (tertiary alicyclic amines) is 1. The molecule has 1 unspecified atom stereocenters. The van der Waals surface area contributed by atoms with Crippen LogP contribution in [-0.2, 0) is 9.53 Å². The first-order chi connectivity index (χ1) is 9.46. The molecule has 4 heteroatoms. The highest BCUT2D eigenvalue weighted by molar-refractivity contribution is 5.82. The zero-order valence-corrected chi connectivity index (χ0v) is 13.5. The molecule has 20 heavy (non-hydrogen) atoms. The van der Waals surface area contributed by atoms with E-state index in [1.807, 2.05) is 0 Å². The van der Waals surface area contributed by atoms with Crippen molar-refractivity contribution in [1.29, 1.82) is 0 Å². The minimum absolute atomic E-state index is 0.0730. The van der Waals surface area contributed by atoms with Crippen molar-refractivity contribution >= 4 is 5.97 Å². The van der Waals surface area contributed by atoms with E-state index in [0.29, 0.717) is 5.92 Å². The van der Waals surface area contributed by atoms with Gasteiger partial charge in [0.25, 0.3) is 0 Å². The Morgan fingerprint density at radius 1 is 1.45 bits per heavy atom. The van der Waals surface area contributed by atoms with Crippen molar-refractivity contribution < 1.29 is 9.53 Å². The minimum atomic E-state index is -0.494. The lowest BCUT2D eigenvalue weighted by Gasteiger charge is -2.41. The maximum Gasteiger partial charge on any atom is 0.327 e. The molecule has 2 fully saturated rings. The van der Waals surface area contributed by atoms with Crippen LogP contribution in [0.4, 0.5) is 0 Å². The number of carbonyl (C=O) groups is 1. The molecule has 0 aromatic carbocycles. The topological polar surface area (TPSA) is 41.6 Å². The van der Waals surface area contributed by atoms with E-state index >= 15 is 0 Å². The van der Waals surface area contributed by atoms with Crippen molar-refractivity contribution in [3.05, 3.63) is 0 Å². The molecule has 1 N–H and O–H groups in total. The summed E-state index contributed by atoms with van der Waals surface area (Å²) in [4.78, 5) is 15.0. The predicted octanol–water partition coefficient (Wildman–Crippen LogP) is 2.18. The van der Waals surface area contributed by atoms with Crippen LogP contribution < -0.4 is 5.32 Å². The molecule has 1 heterocycles. The summed E-state index contributed by atoms with van der Waals surface area (Å²) in [6.07, 6.45) is 5.75. The van der Waals surface area contributed by atoms with Crippen molar-refractivity contribution in [1.82, 2.24) is 10.2 Å². The molecule has 1 aliphatic heterocycles. The second kappa shape index (κ2) is 6.02. The van der Waals surface area contributed by atoms with E-state index < -0.39 is 5.54 Å². The first kappa shape index (κ1) is 15.8. The first-order valence-electron chi connectivity index (χ1n) is 8.05. The van der Waals surface area contributed by atoms with Gasteiger partial charge < -0.3 is 10.1 Å². The molecular formula is C16H30N2O2. The largest absolute Gasteiger partial charge is 0.468 e. The third kappa shape index (κ3) is 3.01. The molecule has 2 aliphatic rings. The van der Waals surface area contributed by atoms with Gasteiger partial charge in [0, 0.05) is 12.1 Å². The van der Waals surface area contributed by atoms with Crippen LogP contribution in [0, 0.1) is 5.92 Å². The van der Waals surface area contributed by atoms with Crippen LogP contribution in [0.3, 0.4) is 0 Å². The molecule has 116 valence electrons. The molecule has 2 rings (SSSR count). The smallest absolute Gasteiger partial charge is 0.327 e. The maximum absolute atomic E-state index is 12.5. The lowest BCUT2D eigenvalue weighted by Crippen LogP contribution is -2.63. The zero-order valence-electron chi connectivity index (χ0n) is 13.5. The molecule has 1 aliphatic carbocycles. The molecule has 1 saturated heterocycles. The van der Waals surface area contributed by atoms with Gasteiger partial charge in [-0.15, -0.1) is 0 Å². The summed E-state index contributed by atoms with van der Waals surface area (Å²) in [5, 5.41) is 3.54. The average Bonchev–Trinajstić information content (AvgIpc) is 3.21. The number of nitrogens with zero attached hydrogens (tertiary/aromatic N) is 1. The normalized spacial score (nSPS) is 25.4. The van der Waals surface area contributed by atoms with E-state index in [1.165, 1.54) is 20.0 Å². The van der Waals surface area contributed by atoms with Crippen molar-refractivity contribution in [3.8, 4) is 0 Å². The number of hydrogen-bond donors (Lipinski definition) is 1. The summed E-state index contributed by atoms with van der Waals surface area (Å²) in [7, 11) is 1.52. The van der Waals surface area contributed by atoms with Crippen LogP contribution in [0.5, 0.6) is 0 Å². The van der Waals surface area contributed by atoms with Crippen LogP contribution in [0.15, 0.2) is 0 Å². The number of hydrogen-bond acceptors (Lipinski definition) is 4. The van der Waals surface area contributed by atoms with Gasteiger partial charge in [0.05, 0.1) is 7.11 Å². The number of ether oxygens (including phenoxy) is 1. The van der Waals surface area contributed by atoms with Gasteiger partial charge in [-0.1, -0.05) is 6.92 Å². The molecule has 0 bridgehead atoms. The van der Waals surface area contributed by atoms with Crippen LogP contribution in [0.1, 0.15) is 52.9 Å². The summed E-state index contributed by atoms with van der Waals surface area (Å²) in [5.41, 5.74) is -0.297. The number of nitrogens with one attached hydrogen (secondary N) is 1. The SMILES string of the molecule is CCCNC(CN1CCCC1(C)C)(C(=O)OC)C1CC1. The average molecular weight is 282 g/mol. The van der Waals surface area contributed by atoms with Crippen molar-refractivity contribution in [2.24, 2.45) is 5.92 Å². The Hall–Kier alpha value is -0.610. The Morgan fingerprint density at radius 3 is 2.60 bits per heavy atom. The van der Waals surface area contributed by atoms with E-state index in [-0.39, 0.29) is 11.5 Å². The van der Waals surface area contributed by atoms with Crippen molar-refractivity contribution in [2.45, 2.75) is 64.0 Å². The predicted molar refractivity (Wildman–Crippen MR) is 80.7 cm³/mol. The molecule has 0 aromatic rings. The van der Waals surface area contributed by atoms with Gasteiger partial charge in [0.2, 0.25) is 0 Å². The van der Waals surface area contributed by atoms with Gasteiger partial charge in [-0.05, 0) is 65.0 Å². The first-order valence-corrected chi connectivity index (χ1v) is 8.05. The van der Waals surface area contributed by atoms with Crippen molar-refractivity contribution in [2.75, 3.05) is 26.7 Å². The molecule has 1 atom stereocenters. The fourth-order valence-electron chi connectivity index (χ4n) is 3.50. The summed E-state index contributed by atoms with van der Waals surface area (Å²) < 4.78 is 5.16. The van der Waals surface area contributed by atoms with E-state index in [1.54, 1.807) is 0 Å². The van der Waals surface area contributed by atoms with Crippen molar-refractivity contribution in [3.63, 3.8) is 0 Å².